The minimum absolute atomic E-state index is 0.0279. The summed E-state index contributed by atoms with van der Waals surface area (Å²) in [4.78, 5) is 14.0. The number of hydrogen-bond acceptors (Lipinski definition) is 7. The maximum atomic E-state index is 11.8. The molecule has 1 rings (SSSR count). The zero-order valence-corrected chi connectivity index (χ0v) is 9.81. The third kappa shape index (κ3) is 5.40. The minimum atomic E-state index is -2.52. The topological polar surface area (TPSA) is 115 Å². The summed E-state index contributed by atoms with van der Waals surface area (Å²) in [6.07, 6.45) is -2.52. The number of nitrogens with two attached hydrogens (primary N) is 1. The maximum Gasteiger partial charge on any atom is 0.276 e. The Balaban J connectivity index is 2.53. The highest BCUT2D eigenvalue weighted by molar-refractivity contribution is 5.54. The van der Waals surface area contributed by atoms with Crippen LogP contribution in [-0.4, -0.2) is 36.1 Å². The first-order valence-electron chi connectivity index (χ1n) is 5.25. The highest BCUT2D eigenvalue weighted by atomic mass is 19.3. The van der Waals surface area contributed by atoms with Gasteiger partial charge in [-0.2, -0.15) is 0 Å². The van der Waals surface area contributed by atoms with Gasteiger partial charge in [0.05, 0.1) is 23.7 Å². The van der Waals surface area contributed by atoms with Gasteiger partial charge in [0.2, 0.25) is 0 Å². The number of alkyl halides is 2. The molecule has 0 saturated heterocycles. The van der Waals surface area contributed by atoms with Gasteiger partial charge in [-0.3, -0.25) is 10.1 Å². The van der Waals surface area contributed by atoms with Crippen molar-refractivity contribution < 1.29 is 18.4 Å². The van der Waals surface area contributed by atoms with Gasteiger partial charge in [-0.25, -0.2) is 19.6 Å². The number of rotatable bonds is 8. The maximum absolute atomic E-state index is 11.8. The molecule has 0 aliphatic heterocycles. The zero-order valence-electron chi connectivity index (χ0n) is 9.81. The van der Waals surface area contributed by atoms with E-state index >= 15 is 0 Å². The molecular formula is C9H13F2N5O3. The number of nitrogens with zero attached hydrogens (tertiary/aromatic N) is 2. The first-order chi connectivity index (χ1) is 9.02. The molecule has 106 valence electrons. The molecule has 1 heterocycles. The van der Waals surface area contributed by atoms with E-state index in [0.29, 0.717) is 0 Å². The minimum Gasteiger partial charge on any atom is -0.374 e. The number of halogens is 2. The molecule has 0 spiro atoms. The van der Waals surface area contributed by atoms with E-state index in [1.807, 2.05) is 0 Å². The third-order valence-corrected chi connectivity index (χ3v) is 1.97. The summed E-state index contributed by atoms with van der Waals surface area (Å²) < 4.78 is 28.2. The summed E-state index contributed by atoms with van der Waals surface area (Å²) in [6.45, 7) is -0.440. The molecule has 8 nitrogen and oxygen atoms in total. The molecule has 0 fully saturated rings. The van der Waals surface area contributed by atoms with Gasteiger partial charge in [0.1, 0.15) is 18.2 Å². The van der Waals surface area contributed by atoms with Crippen molar-refractivity contribution in [3.63, 3.8) is 0 Å². The molecule has 0 amide bonds. The van der Waals surface area contributed by atoms with Crippen LogP contribution in [0.25, 0.3) is 0 Å². The van der Waals surface area contributed by atoms with Crippen LogP contribution in [0.5, 0.6) is 0 Å². The van der Waals surface area contributed by atoms with Gasteiger partial charge in [-0.15, -0.1) is 0 Å². The van der Waals surface area contributed by atoms with Crippen LogP contribution in [0.1, 0.15) is 0 Å². The fourth-order valence-corrected chi connectivity index (χ4v) is 1.21. The average molecular weight is 277 g/mol. The lowest BCUT2D eigenvalue weighted by Gasteiger charge is -2.08. The zero-order chi connectivity index (χ0) is 14.3. The van der Waals surface area contributed by atoms with E-state index in [-0.39, 0.29) is 30.5 Å². The molecule has 0 aliphatic carbocycles. The van der Waals surface area contributed by atoms with Crippen LogP contribution in [0.4, 0.5) is 26.1 Å². The number of hydrogen-bond donors (Lipinski definition) is 3. The van der Waals surface area contributed by atoms with Crippen molar-refractivity contribution in [2.24, 2.45) is 5.84 Å². The summed E-state index contributed by atoms with van der Waals surface area (Å²) >= 11 is 0. The van der Waals surface area contributed by atoms with E-state index in [9.17, 15) is 18.9 Å². The second-order valence-electron chi connectivity index (χ2n) is 3.39. The van der Waals surface area contributed by atoms with Crippen LogP contribution in [0.3, 0.4) is 0 Å². The van der Waals surface area contributed by atoms with Crippen LogP contribution in [0, 0.1) is 10.1 Å². The van der Waals surface area contributed by atoms with E-state index in [0.717, 1.165) is 0 Å². The Bertz CT molecular complexity index is 432. The quantitative estimate of drug-likeness (QED) is 0.280. The second kappa shape index (κ2) is 7.38. The Morgan fingerprint density at radius 2 is 2.16 bits per heavy atom. The Hall–Kier alpha value is -2.07. The summed E-state index contributed by atoms with van der Waals surface area (Å²) in [7, 11) is 0. The fourth-order valence-electron chi connectivity index (χ4n) is 1.21. The van der Waals surface area contributed by atoms with Gasteiger partial charge in [0.15, 0.2) is 0 Å². The predicted molar refractivity (Wildman–Crippen MR) is 64.0 cm³/mol. The smallest absolute Gasteiger partial charge is 0.276 e. The van der Waals surface area contributed by atoms with Crippen molar-refractivity contribution >= 4 is 17.3 Å². The van der Waals surface area contributed by atoms with E-state index in [1.54, 1.807) is 0 Å². The molecule has 0 radical (unpaired) electrons. The van der Waals surface area contributed by atoms with E-state index in [1.165, 1.54) is 12.1 Å². The molecule has 10 heteroatoms. The Morgan fingerprint density at radius 1 is 1.47 bits per heavy atom. The van der Waals surface area contributed by atoms with E-state index in [2.05, 4.69) is 20.5 Å². The number of nitro groups is 1. The number of nitrogen functional groups attached to an aromatic ring is 1. The lowest BCUT2D eigenvalue weighted by Crippen LogP contribution is -2.15. The predicted octanol–water partition coefficient (Wildman–Crippen LogP) is 0.969. The number of ether oxygens (including phenoxy) is 1. The molecular weight excluding hydrogens is 264 g/mol. The van der Waals surface area contributed by atoms with Crippen LogP contribution >= 0.6 is 0 Å². The van der Waals surface area contributed by atoms with Gasteiger partial charge in [0, 0.05) is 6.54 Å². The SMILES string of the molecule is NNc1cc([N+](=O)[O-])cc(NCCOCC(F)F)n1. The van der Waals surface area contributed by atoms with Crippen molar-refractivity contribution in [2.75, 3.05) is 30.5 Å². The summed E-state index contributed by atoms with van der Waals surface area (Å²) in [5.41, 5.74) is 2.00. The van der Waals surface area contributed by atoms with Crippen LogP contribution in [0.2, 0.25) is 0 Å². The number of anilines is 2. The molecule has 4 N–H and O–H groups in total. The standard InChI is InChI=1S/C9H13F2N5O3/c10-7(11)5-19-2-1-13-8-3-6(16(17)18)4-9(14-8)15-12/h3-4,7H,1-2,5,12H2,(H2,13,14,15). The van der Waals surface area contributed by atoms with Gasteiger partial charge < -0.3 is 15.5 Å². The summed E-state index contributed by atoms with van der Waals surface area (Å²) in [6, 6.07) is 2.37. The third-order valence-electron chi connectivity index (χ3n) is 1.97. The molecule has 0 unspecified atom stereocenters. The molecule has 0 atom stereocenters. The Kier molecular flexibility index (Phi) is 5.82. The monoisotopic (exact) mass is 277 g/mol. The highest BCUT2D eigenvalue weighted by Crippen LogP contribution is 2.19. The van der Waals surface area contributed by atoms with E-state index in [4.69, 9.17) is 5.84 Å². The molecule has 0 aromatic carbocycles. The first-order valence-corrected chi connectivity index (χ1v) is 5.25. The van der Waals surface area contributed by atoms with Gasteiger partial charge in [-0.1, -0.05) is 0 Å². The van der Waals surface area contributed by atoms with Crippen LogP contribution < -0.4 is 16.6 Å². The lowest BCUT2D eigenvalue weighted by molar-refractivity contribution is -0.384. The molecule has 19 heavy (non-hydrogen) atoms. The number of aromatic nitrogens is 1. The fraction of sp³-hybridized carbons (Fsp3) is 0.444. The summed E-state index contributed by atoms with van der Waals surface area (Å²) in [5, 5.41) is 13.4. The molecule has 0 bridgehead atoms. The Morgan fingerprint density at radius 3 is 2.74 bits per heavy atom. The van der Waals surface area contributed by atoms with Crippen LogP contribution in [0.15, 0.2) is 12.1 Å². The van der Waals surface area contributed by atoms with Crippen molar-refractivity contribution in [3.05, 3.63) is 22.2 Å². The summed E-state index contributed by atoms with van der Waals surface area (Å²) in [5.74, 6) is 5.44. The van der Waals surface area contributed by atoms with Gasteiger partial charge in [-0.05, 0) is 0 Å². The van der Waals surface area contributed by atoms with Gasteiger partial charge >= 0.3 is 0 Å². The molecule has 1 aromatic heterocycles. The van der Waals surface area contributed by atoms with Crippen molar-refractivity contribution in [3.8, 4) is 0 Å². The number of hydrazine groups is 1. The lowest BCUT2D eigenvalue weighted by atomic mass is 10.3. The Labute approximate surface area is 107 Å². The number of nitrogens with one attached hydrogen (secondary N) is 2. The van der Waals surface area contributed by atoms with Crippen LogP contribution in [-0.2, 0) is 4.74 Å². The van der Waals surface area contributed by atoms with Crippen molar-refractivity contribution in [1.29, 1.82) is 0 Å². The van der Waals surface area contributed by atoms with E-state index < -0.39 is 18.0 Å². The largest absolute Gasteiger partial charge is 0.374 e. The number of pyridine rings is 1. The first kappa shape index (κ1) is 15.0. The molecule has 1 aromatic rings. The normalized spacial score (nSPS) is 10.5. The second-order valence-corrected chi connectivity index (χ2v) is 3.39. The highest BCUT2D eigenvalue weighted by Gasteiger charge is 2.10. The molecule has 0 saturated carbocycles. The van der Waals surface area contributed by atoms with Gasteiger partial charge in [0.25, 0.3) is 12.1 Å². The van der Waals surface area contributed by atoms with Crippen molar-refractivity contribution in [1.82, 2.24) is 4.98 Å². The average Bonchev–Trinajstić information content (AvgIpc) is 2.37. The van der Waals surface area contributed by atoms with Crippen molar-refractivity contribution in [2.45, 2.75) is 6.43 Å². The molecule has 0 aliphatic rings.